The third-order valence-electron chi connectivity index (χ3n) is 7.20. The Morgan fingerprint density at radius 3 is 2.82 bits per heavy atom. The summed E-state index contributed by atoms with van der Waals surface area (Å²) in [5.74, 6) is 1.20. The highest BCUT2D eigenvalue weighted by Gasteiger charge is 2.19. The zero-order valence-corrected chi connectivity index (χ0v) is 22.1. The van der Waals surface area contributed by atoms with Gasteiger partial charge in [0.25, 0.3) is 0 Å². The Labute approximate surface area is 225 Å². The van der Waals surface area contributed by atoms with E-state index < -0.39 is 0 Å². The van der Waals surface area contributed by atoms with Gasteiger partial charge in [0.05, 0.1) is 10.9 Å². The minimum atomic E-state index is 0.525. The van der Waals surface area contributed by atoms with Crippen LogP contribution in [-0.4, -0.2) is 30.1 Å². The largest absolute Gasteiger partial charge is 0.359 e. The Kier molecular flexibility index (Phi) is 6.47. The molecule has 190 valence electrons. The lowest BCUT2D eigenvalue weighted by atomic mass is 10.0. The topological polar surface area (TPSA) is 95.2 Å². The summed E-state index contributed by atoms with van der Waals surface area (Å²) in [7, 11) is 0. The number of fused-ring (bicyclic) bond motifs is 2. The molecule has 0 aliphatic heterocycles. The molecule has 1 fully saturated rings. The smallest absolute Gasteiger partial charge is 0.181 e. The van der Waals surface area contributed by atoms with E-state index in [9.17, 15) is 0 Å². The monoisotopic (exact) mass is 519 g/mol. The van der Waals surface area contributed by atoms with Crippen LogP contribution in [0.4, 0.5) is 0 Å². The number of imidazole rings is 1. The lowest BCUT2D eigenvalue weighted by Crippen LogP contribution is -2.16. The van der Waals surface area contributed by atoms with Crippen molar-refractivity contribution in [1.29, 1.82) is 0 Å². The molecule has 0 unspecified atom stereocenters. The molecule has 1 aliphatic rings. The number of hydrogen-bond acceptors (Lipinski definition) is 6. The highest BCUT2D eigenvalue weighted by atomic mass is 32.1. The van der Waals surface area contributed by atoms with E-state index in [1.807, 2.05) is 25.3 Å². The summed E-state index contributed by atoms with van der Waals surface area (Å²) in [6, 6.07) is 6.21. The summed E-state index contributed by atoms with van der Waals surface area (Å²) in [5, 5.41) is 16.1. The number of nitrogens with zero attached hydrogens (tertiary/aromatic N) is 4. The molecule has 5 aromatic rings. The lowest BCUT2D eigenvalue weighted by molar-refractivity contribution is 0.607. The Morgan fingerprint density at radius 2 is 2.05 bits per heavy atom. The molecular formula is C30H29N7S. The van der Waals surface area contributed by atoms with Gasteiger partial charge in [0.2, 0.25) is 0 Å². The lowest BCUT2D eigenvalue weighted by Gasteiger charge is -2.16. The second-order valence-electron chi connectivity index (χ2n) is 9.53. The van der Waals surface area contributed by atoms with E-state index in [0.29, 0.717) is 23.0 Å². The standard InChI is InChI=1S/C30H29N7S/c1-4-19(14-23(5-2)33-18(3)20-8-6-7-9-20)22-15-25-27(36-37-28(25)32-16-22)30-34-26-24(21-11-13-38-17-21)10-12-31-29(26)35-30/h4-5,10-17,20,33H,2-3,6-9H2,1H3,(H,31,34,35)(H,32,36,37)/b19-4+,23-14+. The van der Waals surface area contributed by atoms with Gasteiger partial charge in [-0.05, 0) is 77.9 Å². The van der Waals surface area contributed by atoms with E-state index in [2.05, 4.69) is 78.7 Å². The van der Waals surface area contributed by atoms with Crippen molar-refractivity contribution in [3.8, 4) is 22.6 Å². The van der Waals surface area contributed by atoms with Gasteiger partial charge in [-0.25, -0.2) is 15.0 Å². The van der Waals surface area contributed by atoms with Crippen LogP contribution in [0.1, 0.15) is 38.2 Å². The molecule has 0 bridgehead atoms. The highest BCUT2D eigenvalue weighted by molar-refractivity contribution is 7.08. The number of aromatic nitrogens is 6. The van der Waals surface area contributed by atoms with Crippen LogP contribution in [0.5, 0.6) is 0 Å². The average molecular weight is 520 g/mol. The predicted octanol–water partition coefficient (Wildman–Crippen LogP) is 7.39. The van der Waals surface area contributed by atoms with Crippen molar-refractivity contribution in [3.63, 3.8) is 0 Å². The van der Waals surface area contributed by atoms with Gasteiger partial charge in [0.15, 0.2) is 17.1 Å². The number of H-pyrrole nitrogens is 2. The number of rotatable bonds is 8. The first kappa shape index (κ1) is 24.1. The third kappa shape index (κ3) is 4.48. The molecule has 6 rings (SSSR count). The molecule has 38 heavy (non-hydrogen) atoms. The van der Waals surface area contributed by atoms with Gasteiger partial charge in [-0.3, -0.25) is 5.10 Å². The van der Waals surface area contributed by atoms with Gasteiger partial charge in [0, 0.05) is 34.9 Å². The van der Waals surface area contributed by atoms with Crippen LogP contribution in [-0.2, 0) is 0 Å². The van der Waals surface area contributed by atoms with Gasteiger partial charge >= 0.3 is 0 Å². The first-order valence-corrected chi connectivity index (χ1v) is 13.8. The Morgan fingerprint density at radius 1 is 1.18 bits per heavy atom. The molecule has 0 spiro atoms. The molecule has 0 amide bonds. The molecule has 3 N–H and O–H groups in total. The Balaban J connectivity index is 1.35. The molecule has 5 heterocycles. The van der Waals surface area contributed by atoms with Gasteiger partial charge in [-0.2, -0.15) is 16.4 Å². The van der Waals surface area contributed by atoms with Crippen molar-refractivity contribution in [2.45, 2.75) is 32.6 Å². The van der Waals surface area contributed by atoms with Crippen molar-refractivity contribution in [3.05, 3.63) is 89.7 Å². The van der Waals surface area contributed by atoms with Crippen LogP contribution in [0.2, 0.25) is 0 Å². The zero-order chi connectivity index (χ0) is 26.1. The summed E-state index contributed by atoms with van der Waals surface area (Å²) in [4.78, 5) is 17.4. The molecule has 7 nitrogen and oxygen atoms in total. The Hall–Kier alpha value is -4.30. The van der Waals surface area contributed by atoms with Crippen molar-refractivity contribution < 1.29 is 0 Å². The van der Waals surface area contributed by atoms with E-state index in [1.165, 1.54) is 25.7 Å². The van der Waals surface area contributed by atoms with Crippen LogP contribution >= 0.6 is 11.3 Å². The van der Waals surface area contributed by atoms with Crippen molar-refractivity contribution in [2.24, 2.45) is 5.92 Å². The summed E-state index contributed by atoms with van der Waals surface area (Å²) in [5.41, 5.74) is 9.17. The second kappa shape index (κ2) is 10.2. The van der Waals surface area contributed by atoms with Crippen LogP contribution in [0, 0.1) is 5.92 Å². The minimum Gasteiger partial charge on any atom is -0.359 e. The van der Waals surface area contributed by atoms with Gasteiger partial charge < -0.3 is 10.3 Å². The number of pyridine rings is 2. The van der Waals surface area contributed by atoms with E-state index >= 15 is 0 Å². The Bertz CT molecular complexity index is 1700. The molecular weight excluding hydrogens is 490 g/mol. The van der Waals surface area contributed by atoms with Crippen LogP contribution in [0.25, 0.3) is 50.4 Å². The van der Waals surface area contributed by atoms with E-state index in [0.717, 1.165) is 50.3 Å². The van der Waals surface area contributed by atoms with Crippen LogP contribution in [0.15, 0.2) is 84.1 Å². The average Bonchev–Trinajstić information content (AvgIpc) is 3.75. The highest BCUT2D eigenvalue weighted by Crippen LogP contribution is 2.33. The first-order valence-electron chi connectivity index (χ1n) is 12.8. The fraction of sp³-hybridized carbons (Fsp3) is 0.200. The van der Waals surface area contributed by atoms with Crippen LogP contribution < -0.4 is 5.32 Å². The maximum absolute atomic E-state index is 4.78. The zero-order valence-electron chi connectivity index (χ0n) is 21.3. The summed E-state index contributed by atoms with van der Waals surface area (Å²) in [6.45, 7) is 10.3. The second-order valence-corrected chi connectivity index (χ2v) is 10.3. The third-order valence-corrected chi connectivity index (χ3v) is 7.88. The summed E-state index contributed by atoms with van der Waals surface area (Å²) >= 11 is 1.67. The predicted molar refractivity (Wildman–Crippen MR) is 156 cm³/mol. The maximum Gasteiger partial charge on any atom is 0.181 e. The number of nitrogens with one attached hydrogen (secondary N) is 3. The minimum absolute atomic E-state index is 0.525. The molecule has 0 aromatic carbocycles. The molecule has 1 saturated carbocycles. The van der Waals surface area contributed by atoms with Crippen LogP contribution in [0.3, 0.4) is 0 Å². The number of aromatic amines is 2. The van der Waals surface area contributed by atoms with E-state index in [-0.39, 0.29) is 0 Å². The maximum atomic E-state index is 4.78. The normalized spacial score (nSPS) is 15.0. The SMILES string of the molecule is C=C/C(=C\C(=C/C)c1cnc2n[nH]c(-c3nc4nccc(-c5ccsc5)c4[nH]3)c2c1)NC(=C)C1CCCC1. The van der Waals surface area contributed by atoms with Crippen molar-refractivity contribution in [1.82, 2.24) is 35.5 Å². The fourth-order valence-electron chi connectivity index (χ4n) is 5.13. The van der Waals surface area contributed by atoms with E-state index in [4.69, 9.17) is 4.98 Å². The van der Waals surface area contributed by atoms with Crippen molar-refractivity contribution in [2.75, 3.05) is 0 Å². The van der Waals surface area contributed by atoms with Gasteiger partial charge in [-0.1, -0.05) is 32.1 Å². The number of hydrogen-bond donors (Lipinski definition) is 3. The molecule has 0 radical (unpaired) electrons. The first-order chi connectivity index (χ1) is 18.6. The molecule has 5 aromatic heterocycles. The molecule has 0 atom stereocenters. The summed E-state index contributed by atoms with van der Waals surface area (Å²) < 4.78 is 0. The van der Waals surface area contributed by atoms with Gasteiger partial charge in [-0.15, -0.1) is 0 Å². The fourth-order valence-corrected chi connectivity index (χ4v) is 5.79. The van der Waals surface area contributed by atoms with Gasteiger partial charge in [0.1, 0.15) is 5.69 Å². The molecule has 8 heteroatoms. The quantitative estimate of drug-likeness (QED) is 0.186. The van der Waals surface area contributed by atoms with Crippen molar-refractivity contribution >= 4 is 39.1 Å². The van der Waals surface area contributed by atoms with E-state index in [1.54, 1.807) is 17.5 Å². The molecule has 0 saturated heterocycles. The number of allylic oxidation sites excluding steroid dienone is 5. The number of thiophene rings is 1. The summed E-state index contributed by atoms with van der Waals surface area (Å²) in [6.07, 6.45) is 14.6. The molecule has 1 aliphatic carbocycles.